The van der Waals surface area contributed by atoms with Gasteiger partial charge in [0.1, 0.15) is 11.9 Å². The van der Waals surface area contributed by atoms with Gasteiger partial charge in [0.05, 0.1) is 0 Å². The Kier molecular flexibility index (Phi) is 2.09. The largest absolute Gasteiger partial charge is 0.410 e. The Hall–Kier alpha value is -1.26. The van der Waals surface area contributed by atoms with Crippen molar-refractivity contribution in [3.05, 3.63) is 24.4 Å². The topological polar surface area (TPSA) is 15.6 Å². The molecule has 2 nitrogen and oxygen atoms in total. The van der Waals surface area contributed by atoms with E-state index >= 15 is 0 Å². The van der Waals surface area contributed by atoms with Crippen LogP contribution in [0.2, 0.25) is 0 Å². The van der Waals surface area contributed by atoms with Crippen LogP contribution in [0.3, 0.4) is 0 Å². The van der Waals surface area contributed by atoms with Gasteiger partial charge in [0.15, 0.2) is 0 Å². The minimum atomic E-state index is -4.21. The number of fused-ring (bicyclic) bond motifs is 1. The van der Waals surface area contributed by atoms with Gasteiger partial charge in [-0.2, -0.15) is 13.2 Å². The number of allylic oxidation sites excluding steroid dienone is 2. The summed E-state index contributed by atoms with van der Waals surface area (Å²) < 4.78 is 37.0. The summed E-state index contributed by atoms with van der Waals surface area (Å²) in [5.41, 5.74) is 0. The van der Waals surface area contributed by atoms with E-state index in [9.17, 15) is 13.2 Å². The van der Waals surface area contributed by atoms with Crippen molar-refractivity contribution in [3.63, 3.8) is 0 Å². The molecule has 14 heavy (non-hydrogen) atoms. The zero-order valence-electron chi connectivity index (χ0n) is 7.33. The molecule has 1 unspecified atom stereocenters. The highest BCUT2D eigenvalue weighted by Gasteiger charge is 2.41. The van der Waals surface area contributed by atoms with Gasteiger partial charge in [-0.3, -0.25) is 4.99 Å². The first-order valence-electron chi connectivity index (χ1n) is 4.33. The molecule has 0 radical (unpaired) electrons. The minimum Gasteiger partial charge on any atom is -0.333 e. The summed E-state index contributed by atoms with van der Waals surface area (Å²) in [6.07, 6.45) is 2.63. The van der Waals surface area contributed by atoms with Gasteiger partial charge in [0.2, 0.25) is 0 Å². The van der Waals surface area contributed by atoms with Gasteiger partial charge in [-0.1, -0.05) is 6.08 Å². The Balaban J connectivity index is 2.22. The first-order chi connectivity index (χ1) is 6.57. The molecule has 1 atom stereocenters. The van der Waals surface area contributed by atoms with Gasteiger partial charge in [-0.25, -0.2) is 0 Å². The molecule has 0 aromatic heterocycles. The Morgan fingerprint density at radius 3 is 2.86 bits per heavy atom. The molecule has 5 heteroatoms. The zero-order valence-corrected chi connectivity index (χ0v) is 7.33. The van der Waals surface area contributed by atoms with Crippen molar-refractivity contribution in [2.24, 2.45) is 4.99 Å². The average Bonchev–Trinajstić information content (AvgIpc) is 2.16. The van der Waals surface area contributed by atoms with Gasteiger partial charge >= 0.3 is 6.18 Å². The smallest absolute Gasteiger partial charge is 0.333 e. The Bertz CT molecular complexity index is 315. The summed E-state index contributed by atoms with van der Waals surface area (Å²) in [7, 11) is 0. The van der Waals surface area contributed by atoms with Crippen molar-refractivity contribution in [2.75, 3.05) is 6.54 Å². The summed E-state index contributed by atoms with van der Waals surface area (Å²) in [6, 6.07) is -1.54. The van der Waals surface area contributed by atoms with Crippen molar-refractivity contribution >= 4 is 5.84 Å². The van der Waals surface area contributed by atoms with Crippen molar-refractivity contribution in [2.45, 2.75) is 18.6 Å². The molecule has 2 rings (SSSR count). The van der Waals surface area contributed by atoms with E-state index in [2.05, 4.69) is 4.99 Å². The molecule has 0 aromatic carbocycles. The predicted molar refractivity (Wildman–Crippen MR) is 46.9 cm³/mol. The highest BCUT2D eigenvalue weighted by molar-refractivity contribution is 5.95. The molecule has 2 heterocycles. The molecule has 0 N–H and O–H groups in total. The maximum atomic E-state index is 12.3. The average molecular weight is 202 g/mol. The Morgan fingerprint density at radius 2 is 2.14 bits per heavy atom. The third-order valence-electron chi connectivity index (χ3n) is 2.23. The zero-order chi connectivity index (χ0) is 10.2. The summed E-state index contributed by atoms with van der Waals surface area (Å²) in [6.45, 7) is 0.379. The van der Waals surface area contributed by atoms with Crippen LogP contribution >= 0.6 is 0 Å². The fourth-order valence-corrected chi connectivity index (χ4v) is 1.50. The van der Waals surface area contributed by atoms with Gasteiger partial charge in [-0.05, 0) is 18.6 Å². The summed E-state index contributed by atoms with van der Waals surface area (Å²) in [4.78, 5) is 5.38. The molecule has 76 valence electrons. The molecule has 2 aliphatic heterocycles. The third kappa shape index (κ3) is 1.66. The van der Waals surface area contributed by atoms with Crippen LogP contribution in [0.25, 0.3) is 0 Å². The van der Waals surface area contributed by atoms with Crippen molar-refractivity contribution in [1.82, 2.24) is 4.90 Å². The number of amidine groups is 1. The number of aliphatic imine (C=N–C) groups is 1. The molecule has 2 aliphatic rings. The minimum absolute atomic E-state index is 0.0329. The molecule has 0 spiro atoms. The molecule has 0 aromatic rings. The summed E-state index contributed by atoms with van der Waals surface area (Å²) >= 11 is 0. The van der Waals surface area contributed by atoms with E-state index in [1.54, 1.807) is 29.3 Å². The number of hydrogen-bond donors (Lipinski definition) is 0. The summed E-state index contributed by atoms with van der Waals surface area (Å²) in [5.74, 6) is 0.404. The second kappa shape index (κ2) is 3.15. The van der Waals surface area contributed by atoms with Crippen LogP contribution in [-0.4, -0.2) is 29.5 Å². The third-order valence-corrected chi connectivity index (χ3v) is 2.23. The highest BCUT2D eigenvalue weighted by Crippen LogP contribution is 2.28. The number of rotatable bonds is 0. The van der Waals surface area contributed by atoms with Crippen LogP contribution in [0.1, 0.15) is 6.42 Å². The Morgan fingerprint density at radius 1 is 1.36 bits per heavy atom. The molecular weight excluding hydrogens is 193 g/mol. The van der Waals surface area contributed by atoms with Gasteiger partial charge in [-0.15, -0.1) is 0 Å². The quantitative estimate of drug-likeness (QED) is 0.587. The molecule has 0 saturated heterocycles. The van der Waals surface area contributed by atoms with Crippen LogP contribution in [0, 0.1) is 0 Å². The maximum absolute atomic E-state index is 12.3. The van der Waals surface area contributed by atoms with E-state index in [-0.39, 0.29) is 6.42 Å². The van der Waals surface area contributed by atoms with Crippen LogP contribution in [-0.2, 0) is 0 Å². The normalized spacial score (nSPS) is 26.1. The Labute approximate surface area is 79.4 Å². The van der Waals surface area contributed by atoms with Crippen LogP contribution in [0.4, 0.5) is 13.2 Å². The molecular formula is C9H9F3N2. The lowest BCUT2D eigenvalue weighted by Crippen LogP contribution is -2.40. The van der Waals surface area contributed by atoms with Crippen LogP contribution in [0.5, 0.6) is 0 Å². The highest BCUT2D eigenvalue weighted by atomic mass is 19.4. The lowest BCUT2D eigenvalue weighted by atomic mass is 10.1. The monoisotopic (exact) mass is 202 g/mol. The fraction of sp³-hybridized carbons (Fsp3) is 0.444. The number of hydrogen-bond acceptors (Lipinski definition) is 2. The SMILES string of the molecule is FC(F)(F)C1CCN2C=CC=CC2=N1. The number of alkyl halides is 3. The molecule has 0 amide bonds. The molecule has 0 bridgehead atoms. The van der Waals surface area contributed by atoms with Crippen molar-refractivity contribution in [1.29, 1.82) is 0 Å². The van der Waals surface area contributed by atoms with Gasteiger partial charge < -0.3 is 4.90 Å². The van der Waals surface area contributed by atoms with Crippen molar-refractivity contribution < 1.29 is 13.2 Å². The fourth-order valence-electron chi connectivity index (χ4n) is 1.50. The predicted octanol–water partition coefficient (Wildman–Crippen LogP) is 2.10. The van der Waals surface area contributed by atoms with E-state index < -0.39 is 12.2 Å². The van der Waals surface area contributed by atoms with Gasteiger partial charge in [0.25, 0.3) is 0 Å². The van der Waals surface area contributed by atoms with E-state index in [4.69, 9.17) is 0 Å². The van der Waals surface area contributed by atoms with E-state index in [1.165, 1.54) is 0 Å². The lowest BCUT2D eigenvalue weighted by Gasteiger charge is -2.30. The second-order valence-corrected chi connectivity index (χ2v) is 3.23. The van der Waals surface area contributed by atoms with Crippen LogP contribution in [0.15, 0.2) is 29.4 Å². The van der Waals surface area contributed by atoms with E-state index in [1.807, 2.05) is 0 Å². The first-order valence-corrected chi connectivity index (χ1v) is 4.33. The number of halogens is 3. The molecule has 0 fully saturated rings. The molecule has 0 aliphatic carbocycles. The standard InChI is InChI=1S/C9H9F3N2/c10-9(11,12)7-4-6-14-5-2-1-3-8(14)13-7/h1-3,5,7H,4,6H2. The first kappa shape index (κ1) is 9.30. The molecule has 0 saturated carbocycles. The van der Waals surface area contributed by atoms with Crippen LogP contribution < -0.4 is 0 Å². The maximum Gasteiger partial charge on any atom is 0.410 e. The summed E-state index contributed by atoms with van der Waals surface area (Å²) in [5, 5.41) is 0. The van der Waals surface area contributed by atoms with E-state index in [0.717, 1.165) is 0 Å². The lowest BCUT2D eigenvalue weighted by molar-refractivity contribution is -0.149. The van der Waals surface area contributed by atoms with Gasteiger partial charge in [0, 0.05) is 12.7 Å². The van der Waals surface area contributed by atoms with E-state index in [0.29, 0.717) is 12.4 Å². The number of nitrogens with zero attached hydrogens (tertiary/aromatic N) is 2. The second-order valence-electron chi connectivity index (χ2n) is 3.23. The van der Waals surface area contributed by atoms with Crippen molar-refractivity contribution in [3.8, 4) is 0 Å².